The molecule has 2 nitrogen and oxygen atoms in total. The molecule has 0 spiro atoms. The molecule has 0 aliphatic heterocycles. The van der Waals surface area contributed by atoms with Gasteiger partial charge in [0, 0.05) is 10.8 Å². The number of aliphatic hydroxyl groups is 2. The molecule has 0 aliphatic rings. The Labute approximate surface area is 169 Å². The van der Waals surface area contributed by atoms with Crippen LogP contribution in [0.3, 0.4) is 0 Å². The Bertz CT molecular complexity index is 588. The molecule has 0 saturated carbocycles. The van der Waals surface area contributed by atoms with Crippen molar-refractivity contribution >= 4 is 11.8 Å². The molecular weight excluding hydrogens is 352 g/mol. The van der Waals surface area contributed by atoms with Gasteiger partial charge in [-0.25, -0.2) is 0 Å². The fraction of sp³-hybridized carbons (Fsp3) is 0.500. The molecule has 148 valence electrons. The maximum atomic E-state index is 9.87. The SMILES string of the molecule is CC(CO)(CCCSCCCC(C)(CO)c1ccccc1)c1ccccc1. The van der Waals surface area contributed by atoms with Gasteiger partial charge in [0.15, 0.2) is 0 Å². The first kappa shape index (κ1) is 22.0. The van der Waals surface area contributed by atoms with Gasteiger partial charge in [-0.2, -0.15) is 11.8 Å². The summed E-state index contributed by atoms with van der Waals surface area (Å²) < 4.78 is 0. The molecule has 0 saturated heterocycles. The lowest BCUT2D eigenvalue weighted by Gasteiger charge is -2.28. The third-order valence-corrected chi connectivity index (χ3v) is 6.83. The first-order valence-corrected chi connectivity index (χ1v) is 11.1. The van der Waals surface area contributed by atoms with Crippen LogP contribution < -0.4 is 0 Å². The third kappa shape index (κ3) is 6.38. The van der Waals surface area contributed by atoms with Gasteiger partial charge < -0.3 is 10.2 Å². The molecule has 2 unspecified atom stereocenters. The maximum absolute atomic E-state index is 9.87. The van der Waals surface area contributed by atoms with Crippen LogP contribution in [0.1, 0.15) is 50.7 Å². The van der Waals surface area contributed by atoms with Crippen LogP contribution >= 0.6 is 11.8 Å². The van der Waals surface area contributed by atoms with Gasteiger partial charge in [0.1, 0.15) is 0 Å². The Morgan fingerprint density at radius 3 is 1.37 bits per heavy atom. The van der Waals surface area contributed by atoms with E-state index in [1.807, 2.05) is 48.2 Å². The molecule has 0 fully saturated rings. The van der Waals surface area contributed by atoms with Crippen LogP contribution in [-0.4, -0.2) is 34.9 Å². The summed E-state index contributed by atoms with van der Waals surface area (Å²) >= 11 is 1.98. The number of hydrogen-bond donors (Lipinski definition) is 2. The number of rotatable bonds is 12. The van der Waals surface area contributed by atoms with Crippen LogP contribution in [0.4, 0.5) is 0 Å². The largest absolute Gasteiger partial charge is 0.395 e. The van der Waals surface area contributed by atoms with E-state index < -0.39 is 0 Å². The first-order chi connectivity index (χ1) is 13.0. The zero-order valence-electron chi connectivity index (χ0n) is 16.7. The highest BCUT2D eigenvalue weighted by atomic mass is 32.2. The lowest BCUT2D eigenvalue weighted by atomic mass is 9.79. The molecule has 3 heteroatoms. The average molecular weight is 387 g/mol. The normalized spacial score (nSPS) is 15.9. The van der Waals surface area contributed by atoms with E-state index in [0.29, 0.717) is 0 Å². The van der Waals surface area contributed by atoms with Crippen molar-refractivity contribution in [3.63, 3.8) is 0 Å². The van der Waals surface area contributed by atoms with E-state index in [1.165, 1.54) is 11.1 Å². The second kappa shape index (κ2) is 10.9. The zero-order valence-corrected chi connectivity index (χ0v) is 17.5. The summed E-state index contributed by atoms with van der Waals surface area (Å²) in [6.45, 7) is 4.68. The number of hydrogen-bond acceptors (Lipinski definition) is 3. The fourth-order valence-corrected chi connectivity index (χ4v) is 4.44. The molecule has 2 aromatic carbocycles. The predicted molar refractivity (Wildman–Crippen MR) is 118 cm³/mol. The van der Waals surface area contributed by atoms with E-state index in [2.05, 4.69) is 38.1 Å². The highest BCUT2D eigenvalue weighted by Crippen LogP contribution is 2.31. The van der Waals surface area contributed by atoms with Gasteiger partial charge in [-0.1, -0.05) is 74.5 Å². The van der Waals surface area contributed by atoms with Crippen LogP contribution in [0.25, 0.3) is 0 Å². The third-order valence-electron chi connectivity index (χ3n) is 5.67. The molecule has 0 aliphatic carbocycles. The molecule has 0 bridgehead atoms. The lowest BCUT2D eigenvalue weighted by Crippen LogP contribution is -2.27. The number of aliphatic hydroxyl groups excluding tert-OH is 2. The minimum atomic E-state index is -0.148. The summed E-state index contributed by atoms with van der Waals surface area (Å²) in [5, 5.41) is 19.7. The number of thioether (sulfide) groups is 1. The van der Waals surface area contributed by atoms with Crippen molar-refractivity contribution in [3.05, 3.63) is 71.8 Å². The molecule has 2 N–H and O–H groups in total. The van der Waals surface area contributed by atoms with Crippen LogP contribution in [0.15, 0.2) is 60.7 Å². The van der Waals surface area contributed by atoms with E-state index in [4.69, 9.17) is 0 Å². The van der Waals surface area contributed by atoms with E-state index in [9.17, 15) is 10.2 Å². The van der Waals surface area contributed by atoms with E-state index >= 15 is 0 Å². The van der Waals surface area contributed by atoms with Crippen molar-refractivity contribution in [2.45, 2.75) is 50.4 Å². The predicted octanol–water partition coefficient (Wildman–Crippen LogP) is 5.18. The van der Waals surface area contributed by atoms with Crippen molar-refractivity contribution in [2.75, 3.05) is 24.7 Å². The van der Waals surface area contributed by atoms with Crippen molar-refractivity contribution in [1.82, 2.24) is 0 Å². The molecule has 27 heavy (non-hydrogen) atoms. The second-order valence-electron chi connectivity index (χ2n) is 7.99. The van der Waals surface area contributed by atoms with Crippen molar-refractivity contribution in [2.24, 2.45) is 0 Å². The molecule has 2 atom stereocenters. The summed E-state index contributed by atoms with van der Waals surface area (Å²) in [5.41, 5.74) is 2.15. The van der Waals surface area contributed by atoms with Gasteiger partial charge in [-0.3, -0.25) is 0 Å². The summed E-state index contributed by atoms with van der Waals surface area (Å²) in [6.07, 6.45) is 4.21. The Morgan fingerprint density at radius 1 is 0.667 bits per heavy atom. The van der Waals surface area contributed by atoms with Crippen molar-refractivity contribution in [1.29, 1.82) is 0 Å². The van der Waals surface area contributed by atoms with Crippen molar-refractivity contribution in [3.8, 4) is 0 Å². The van der Waals surface area contributed by atoms with Gasteiger partial charge in [-0.15, -0.1) is 0 Å². The Morgan fingerprint density at radius 2 is 1.04 bits per heavy atom. The van der Waals surface area contributed by atoms with Crippen LogP contribution in [-0.2, 0) is 10.8 Å². The summed E-state index contributed by atoms with van der Waals surface area (Å²) in [5.74, 6) is 2.23. The fourth-order valence-electron chi connectivity index (χ4n) is 3.54. The monoisotopic (exact) mass is 386 g/mol. The van der Waals surface area contributed by atoms with Crippen LogP contribution in [0.5, 0.6) is 0 Å². The van der Waals surface area contributed by atoms with E-state index in [-0.39, 0.29) is 24.0 Å². The van der Waals surface area contributed by atoms with Gasteiger partial charge in [0.25, 0.3) is 0 Å². The lowest BCUT2D eigenvalue weighted by molar-refractivity contribution is 0.196. The van der Waals surface area contributed by atoms with Crippen LogP contribution in [0.2, 0.25) is 0 Å². The molecular formula is C24H34O2S. The van der Waals surface area contributed by atoms with Crippen molar-refractivity contribution < 1.29 is 10.2 Å². The molecule has 2 rings (SSSR count). The smallest absolute Gasteiger partial charge is 0.0525 e. The standard InChI is InChI=1S/C24H34O2S/c1-23(19-25,21-11-5-3-6-12-21)15-9-17-27-18-10-16-24(2,20-26)22-13-7-4-8-14-22/h3-8,11-14,25-26H,9-10,15-20H2,1-2H3. The summed E-state index contributed by atoms with van der Waals surface area (Å²) in [6, 6.07) is 20.7. The average Bonchev–Trinajstić information content (AvgIpc) is 2.74. The second-order valence-corrected chi connectivity index (χ2v) is 9.21. The molecule has 0 aromatic heterocycles. The van der Waals surface area contributed by atoms with Gasteiger partial charge in [0.2, 0.25) is 0 Å². The van der Waals surface area contributed by atoms with Gasteiger partial charge >= 0.3 is 0 Å². The Kier molecular flexibility index (Phi) is 8.88. The van der Waals surface area contributed by atoms with E-state index in [0.717, 1.165) is 37.2 Å². The van der Waals surface area contributed by atoms with Gasteiger partial charge in [0.05, 0.1) is 13.2 Å². The Hall–Kier alpha value is -1.29. The minimum Gasteiger partial charge on any atom is -0.395 e. The van der Waals surface area contributed by atoms with E-state index in [1.54, 1.807) is 0 Å². The highest BCUT2D eigenvalue weighted by molar-refractivity contribution is 7.99. The zero-order chi connectivity index (χ0) is 19.6. The molecule has 0 heterocycles. The first-order valence-electron chi connectivity index (χ1n) is 9.95. The van der Waals surface area contributed by atoms with Crippen LogP contribution in [0, 0.1) is 0 Å². The minimum absolute atomic E-state index is 0.148. The molecule has 0 radical (unpaired) electrons. The maximum Gasteiger partial charge on any atom is 0.0525 e. The Balaban J connectivity index is 1.70. The molecule has 2 aromatic rings. The van der Waals surface area contributed by atoms with Gasteiger partial charge in [-0.05, 0) is 48.3 Å². The summed E-state index contributed by atoms with van der Waals surface area (Å²) in [7, 11) is 0. The molecule has 0 amide bonds. The quantitative estimate of drug-likeness (QED) is 0.494. The number of benzene rings is 2. The highest BCUT2D eigenvalue weighted by Gasteiger charge is 2.26. The summed E-state index contributed by atoms with van der Waals surface area (Å²) in [4.78, 5) is 0. The topological polar surface area (TPSA) is 40.5 Å².